The minimum Gasteiger partial charge on any atom is -0.396 e. The summed E-state index contributed by atoms with van der Waals surface area (Å²) in [5.41, 5.74) is 4.70. The second-order valence-electron chi connectivity index (χ2n) is 11.6. The molecule has 1 aliphatic heterocycles. The van der Waals surface area contributed by atoms with E-state index < -0.39 is 6.23 Å². The largest absolute Gasteiger partial charge is 0.396 e. The van der Waals surface area contributed by atoms with Gasteiger partial charge in [0.25, 0.3) is 0 Å². The molecule has 1 aromatic carbocycles. The van der Waals surface area contributed by atoms with Gasteiger partial charge in [-0.2, -0.15) is 9.61 Å². The van der Waals surface area contributed by atoms with Gasteiger partial charge < -0.3 is 25.6 Å². The second-order valence-corrected chi connectivity index (χ2v) is 11.6. The van der Waals surface area contributed by atoms with E-state index >= 15 is 0 Å². The fraction of sp³-hybridized carbons (Fsp3) is 0.600. The fourth-order valence-corrected chi connectivity index (χ4v) is 6.09. The van der Waals surface area contributed by atoms with E-state index in [4.69, 9.17) is 14.8 Å². The highest BCUT2D eigenvalue weighted by atomic mass is 16.5. The molecule has 0 spiro atoms. The predicted octanol–water partition coefficient (Wildman–Crippen LogP) is 4.25. The highest BCUT2D eigenvalue weighted by Gasteiger charge is 2.27. The van der Waals surface area contributed by atoms with E-state index in [1.54, 1.807) is 0 Å². The summed E-state index contributed by atoms with van der Waals surface area (Å²) in [5.74, 6) is 2.53. The number of aryl methyl sites for hydroxylation is 1. The van der Waals surface area contributed by atoms with Crippen molar-refractivity contribution in [3.05, 3.63) is 41.6 Å². The smallest absolute Gasteiger partial charge is 0.167 e. The van der Waals surface area contributed by atoms with Crippen molar-refractivity contribution >= 4 is 17.3 Å². The third-order valence-corrected chi connectivity index (χ3v) is 8.71. The van der Waals surface area contributed by atoms with E-state index in [9.17, 15) is 10.2 Å². The summed E-state index contributed by atoms with van der Waals surface area (Å²) in [5, 5.41) is 36.0. The molecule has 0 radical (unpaired) electrons. The van der Waals surface area contributed by atoms with Gasteiger partial charge in [0.2, 0.25) is 0 Å². The van der Waals surface area contributed by atoms with Crippen LogP contribution in [0.1, 0.15) is 68.7 Å². The average molecular weight is 535 g/mol. The third kappa shape index (κ3) is 6.06. The molecule has 5 N–H and O–H groups in total. The van der Waals surface area contributed by atoms with E-state index in [-0.39, 0.29) is 18.6 Å². The fourth-order valence-electron chi connectivity index (χ4n) is 6.09. The standard InChI is InChI=1S/C30H42N6O3/c1-19-14-21(6-9-24(19)30(38)33-23-7-8-23)25-17-32-36-28(31-16-20-10-12-39-13-11-20)15-27(35-29(25)36)34-26-5-3-2-4-22(26)18-37/h6,9,14-15,17,20,22-23,26,30-31,33,37-38H,2-5,7-8,10-13,16,18H2,1H3,(H,34,35)/t22-,26-,30?/m0/s1. The topological polar surface area (TPSA) is 116 Å². The zero-order valence-electron chi connectivity index (χ0n) is 22.9. The highest BCUT2D eigenvalue weighted by Crippen LogP contribution is 2.32. The second kappa shape index (κ2) is 11.8. The first-order valence-electron chi connectivity index (χ1n) is 14.7. The molecule has 2 saturated carbocycles. The maximum atomic E-state index is 10.7. The van der Waals surface area contributed by atoms with Crippen LogP contribution in [0.3, 0.4) is 0 Å². The number of nitrogens with zero attached hydrogens (tertiary/aromatic N) is 3. The Morgan fingerprint density at radius 3 is 2.67 bits per heavy atom. The normalized spacial score (nSPS) is 23.2. The van der Waals surface area contributed by atoms with Gasteiger partial charge >= 0.3 is 0 Å². The molecule has 6 rings (SSSR count). The van der Waals surface area contributed by atoms with E-state index in [0.29, 0.717) is 12.0 Å². The van der Waals surface area contributed by atoms with Gasteiger partial charge in [0.05, 0.1) is 6.20 Å². The number of anilines is 2. The summed E-state index contributed by atoms with van der Waals surface area (Å²) >= 11 is 0. The van der Waals surface area contributed by atoms with Gasteiger partial charge in [-0.25, -0.2) is 4.98 Å². The van der Waals surface area contributed by atoms with Crippen molar-refractivity contribution in [2.24, 2.45) is 11.8 Å². The molecule has 9 nitrogen and oxygen atoms in total. The summed E-state index contributed by atoms with van der Waals surface area (Å²) in [6.07, 6.45) is 10.0. The number of hydrogen-bond acceptors (Lipinski definition) is 8. The lowest BCUT2D eigenvalue weighted by atomic mass is 9.85. The summed E-state index contributed by atoms with van der Waals surface area (Å²) in [6, 6.07) is 8.86. The van der Waals surface area contributed by atoms with Gasteiger partial charge in [-0.3, -0.25) is 5.32 Å². The minimum atomic E-state index is -0.652. The van der Waals surface area contributed by atoms with Gasteiger partial charge in [0.15, 0.2) is 5.65 Å². The maximum absolute atomic E-state index is 10.7. The third-order valence-electron chi connectivity index (χ3n) is 8.71. The lowest BCUT2D eigenvalue weighted by Gasteiger charge is -2.31. The SMILES string of the molecule is Cc1cc(-c2cnn3c(NCC4CCOCC4)cc(N[C@H]4CCCC[C@H]4CO)nc23)ccc1C(O)NC1CC1. The summed E-state index contributed by atoms with van der Waals surface area (Å²) in [6.45, 7) is 4.74. The average Bonchev–Trinajstić information content (AvgIpc) is 3.67. The molecule has 1 unspecified atom stereocenters. The maximum Gasteiger partial charge on any atom is 0.167 e. The molecule has 3 aliphatic rings. The number of nitrogens with one attached hydrogen (secondary N) is 3. The monoisotopic (exact) mass is 534 g/mol. The Labute approximate surface area is 230 Å². The van der Waals surface area contributed by atoms with Crippen LogP contribution in [-0.4, -0.2) is 63.3 Å². The van der Waals surface area contributed by atoms with E-state index in [1.165, 1.54) is 6.42 Å². The van der Waals surface area contributed by atoms with Crippen LogP contribution in [0.2, 0.25) is 0 Å². The van der Waals surface area contributed by atoms with Crippen LogP contribution in [-0.2, 0) is 4.74 Å². The lowest BCUT2D eigenvalue weighted by Crippen LogP contribution is -2.34. The number of rotatable bonds is 10. The number of fused-ring (bicyclic) bond motifs is 1. The molecule has 1 saturated heterocycles. The molecule has 210 valence electrons. The Morgan fingerprint density at radius 2 is 1.90 bits per heavy atom. The van der Waals surface area contributed by atoms with Gasteiger partial charge in [0, 0.05) is 56.0 Å². The summed E-state index contributed by atoms with van der Waals surface area (Å²) in [7, 11) is 0. The number of ether oxygens (including phenoxy) is 1. The molecule has 39 heavy (non-hydrogen) atoms. The molecular formula is C30H42N6O3. The van der Waals surface area contributed by atoms with E-state index in [2.05, 4.69) is 34.1 Å². The first-order chi connectivity index (χ1) is 19.1. The molecule has 2 aliphatic carbocycles. The Bertz CT molecular complexity index is 1270. The van der Waals surface area contributed by atoms with Gasteiger partial charge in [-0.15, -0.1) is 0 Å². The quantitative estimate of drug-likeness (QED) is 0.245. The first kappa shape index (κ1) is 26.5. The molecule has 3 aromatic rings. The number of aliphatic hydroxyl groups excluding tert-OH is 2. The van der Waals surface area contributed by atoms with E-state index in [1.807, 2.05) is 23.7 Å². The first-order valence-corrected chi connectivity index (χ1v) is 14.7. The zero-order chi connectivity index (χ0) is 26.8. The van der Waals surface area contributed by atoms with Crippen molar-refractivity contribution in [2.45, 2.75) is 76.6 Å². The minimum absolute atomic E-state index is 0.194. The Kier molecular flexibility index (Phi) is 8.02. The number of hydrogen-bond donors (Lipinski definition) is 5. The van der Waals surface area contributed by atoms with Crippen molar-refractivity contribution < 1.29 is 14.9 Å². The Hall–Kier alpha value is -2.72. The summed E-state index contributed by atoms with van der Waals surface area (Å²) in [4.78, 5) is 5.05. The predicted molar refractivity (Wildman–Crippen MR) is 153 cm³/mol. The zero-order valence-corrected chi connectivity index (χ0v) is 22.9. The molecule has 2 aromatic heterocycles. The molecule has 3 heterocycles. The molecule has 3 atom stereocenters. The molecule has 0 amide bonds. The van der Waals surface area contributed by atoms with Crippen LogP contribution in [0.15, 0.2) is 30.5 Å². The van der Waals surface area contributed by atoms with Crippen LogP contribution in [0.25, 0.3) is 16.8 Å². The van der Waals surface area contributed by atoms with Gasteiger partial charge in [0.1, 0.15) is 17.9 Å². The van der Waals surface area contributed by atoms with Crippen LogP contribution < -0.4 is 16.0 Å². The lowest BCUT2D eigenvalue weighted by molar-refractivity contribution is 0.0699. The van der Waals surface area contributed by atoms with Crippen LogP contribution >= 0.6 is 0 Å². The van der Waals surface area contributed by atoms with Crippen molar-refractivity contribution in [2.75, 3.05) is 37.0 Å². The molecule has 3 fully saturated rings. The van der Waals surface area contributed by atoms with Gasteiger partial charge in [-0.05, 0) is 68.1 Å². The van der Waals surface area contributed by atoms with Crippen LogP contribution in [0, 0.1) is 18.8 Å². The van der Waals surface area contributed by atoms with Crippen LogP contribution in [0.5, 0.6) is 0 Å². The molecular weight excluding hydrogens is 492 g/mol. The van der Waals surface area contributed by atoms with E-state index in [0.717, 1.165) is 104 Å². The van der Waals surface area contributed by atoms with Crippen LogP contribution in [0.4, 0.5) is 11.6 Å². The molecule has 9 heteroatoms. The Morgan fingerprint density at radius 1 is 1.08 bits per heavy atom. The number of aliphatic hydroxyl groups is 2. The van der Waals surface area contributed by atoms with Gasteiger partial charge in [-0.1, -0.05) is 31.0 Å². The van der Waals surface area contributed by atoms with Crippen molar-refractivity contribution in [1.29, 1.82) is 0 Å². The van der Waals surface area contributed by atoms with Crippen molar-refractivity contribution in [1.82, 2.24) is 19.9 Å². The highest BCUT2D eigenvalue weighted by molar-refractivity contribution is 5.80. The Balaban J connectivity index is 1.32. The molecule has 0 bridgehead atoms. The van der Waals surface area contributed by atoms with Crippen molar-refractivity contribution in [3.8, 4) is 11.1 Å². The van der Waals surface area contributed by atoms with Crippen molar-refractivity contribution in [3.63, 3.8) is 0 Å². The number of benzene rings is 1. The summed E-state index contributed by atoms with van der Waals surface area (Å²) < 4.78 is 7.45. The number of aromatic nitrogens is 3.